The van der Waals surface area contributed by atoms with E-state index >= 15 is 0 Å². The smallest absolute Gasteiger partial charge is 0.0468 e. The van der Waals surface area contributed by atoms with E-state index in [0.29, 0.717) is 0 Å². The van der Waals surface area contributed by atoms with Crippen LogP contribution < -0.4 is 4.90 Å². The molecule has 9 aromatic carbocycles. The monoisotopic (exact) mass is 627 g/mol. The van der Waals surface area contributed by atoms with Crippen molar-refractivity contribution in [2.24, 2.45) is 0 Å². The van der Waals surface area contributed by atoms with Crippen LogP contribution in [-0.4, -0.2) is 0 Å². The average molecular weight is 628 g/mol. The summed E-state index contributed by atoms with van der Waals surface area (Å²) in [4.78, 5) is 2.39. The lowest BCUT2D eigenvalue weighted by Gasteiger charge is -2.26. The summed E-state index contributed by atoms with van der Waals surface area (Å²) in [5.41, 5.74) is 5.83. The minimum absolute atomic E-state index is 1.13. The Morgan fingerprint density at radius 1 is 0.333 bits per heavy atom. The lowest BCUT2D eigenvalue weighted by Crippen LogP contribution is -2.10. The Morgan fingerprint density at radius 3 is 1.75 bits per heavy atom. The quantitative estimate of drug-likeness (QED) is 0.176. The number of hydrogen-bond donors (Lipinski definition) is 0. The van der Waals surface area contributed by atoms with Gasteiger partial charge in [-0.15, -0.1) is 11.3 Å². The van der Waals surface area contributed by atoms with Crippen LogP contribution in [-0.2, 0) is 0 Å². The van der Waals surface area contributed by atoms with E-state index < -0.39 is 0 Å². The van der Waals surface area contributed by atoms with Crippen molar-refractivity contribution in [3.63, 3.8) is 0 Å². The fourth-order valence-electron chi connectivity index (χ4n) is 7.55. The van der Waals surface area contributed by atoms with Crippen LogP contribution in [0.3, 0.4) is 0 Å². The molecule has 10 aromatic rings. The van der Waals surface area contributed by atoms with Gasteiger partial charge in [0.25, 0.3) is 0 Å². The van der Waals surface area contributed by atoms with Crippen molar-refractivity contribution in [2.75, 3.05) is 4.90 Å². The molecule has 2 heteroatoms. The van der Waals surface area contributed by atoms with Crippen molar-refractivity contribution in [3.05, 3.63) is 176 Å². The highest BCUT2D eigenvalue weighted by Crippen LogP contribution is 2.46. The Labute approximate surface area is 282 Å². The highest BCUT2D eigenvalue weighted by atomic mass is 32.1. The lowest BCUT2D eigenvalue weighted by molar-refractivity contribution is 1.29. The molecule has 0 aliphatic carbocycles. The van der Waals surface area contributed by atoms with Crippen molar-refractivity contribution in [2.45, 2.75) is 0 Å². The fourth-order valence-corrected chi connectivity index (χ4v) is 8.81. The highest BCUT2D eigenvalue weighted by Gasteiger charge is 2.18. The Kier molecular flexibility index (Phi) is 6.12. The average Bonchev–Trinajstić information content (AvgIpc) is 3.55. The molecule has 48 heavy (non-hydrogen) atoms. The van der Waals surface area contributed by atoms with Gasteiger partial charge in [-0.25, -0.2) is 0 Å². The van der Waals surface area contributed by atoms with E-state index in [1.54, 1.807) is 0 Å². The maximum absolute atomic E-state index is 2.39. The van der Waals surface area contributed by atoms with E-state index in [1.165, 1.54) is 74.4 Å². The summed E-state index contributed by atoms with van der Waals surface area (Å²) in [5, 5.41) is 13.0. The first kappa shape index (κ1) is 27.2. The summed E-state index contributed by atoms with van der Waals surface area (Å²) in [6.07, 6.45) is 0. The van der Waals surface area contributed by atoms with Crippen molar-refractivity contribution in [1.82, 2.24) is 0 Å². The molecule has 0 N–H and O–H groups in total. The van der Waals surface area contributed by atoms with E-state index in [1.807, 2.05) is 11.3 Å². The second-order valence-corrected chi connectivity index (χ2v) is 13.6. The van der Waals surface area contributed by atoms with Crippen LogP contribution in [0.15, 0.2) is 176 Å². The largest absolute Gasteiger partial charge is 0.310 e. The lowest BCUT2D eigenvalue weighted by atomic mass is 9.93. The van der Waals surface area contributed by atoms with Crippen molar-refractivity contribution in [3.8, 4) is 11.1 Å². The summed E-state index contributed by atoms with van der Waals surface area (Å²) < 4.78 is 2.71. The molecule has 224 valence electrons. The minimum atomic E-state index is 1.13. The first-order chi connectivity index (χ1) is 23.8. The summed E-state index contributed by atoms with van der Waals surface area (Å²) >= 11 is 1.91. The van der Waals surface area contributed by atoms with Crippen LogP contribution in [0.5, 0.6) is 0 Å². The third-order valence-electron chi connectivity index (χ3n) is 9.79. The Bertz CT molecular complexity index is 2830. The zero-order valence-corrected chi connectivity index (χ0v) is 26.9. The molecule has 1 heterocycles. The number of rotatable bonds is 4. The predicted molar refractivity (Wildman–Crippen MR) is 209 cm³/mol. The van der Waals surface area contributed by atoms with Gasteiger partial charge in [-0.1, -0.05) is 133 Å². The molecule has 0 spiro atoms. The molecule has 0 bridgehead atoms. The maximum Gasteiger partial charge on any atom is 0.0468 e. The number of anilines is 3. The molecule has 0 radical (unpaired) electrons. The highest BCUT2D eigenvalue weighted by molar-refractivity contribution is 7.27. The minimum Gasteiger partial charge on any atom is -0.310 e. The molecule has 0 unspecified atom stereocenters. The van der Waals surface area contributed by atoms with E-state index in [2.05, 4.69) is 181 Å². The SMILES string of the molecule is c1ccc(-c2ccc(N(c3ccc4ccccc4c3)c3ccc4c(ccc5c4c4ccccc4c4sc6ccccc6c54)c3)cc2)cc1. The fraction of sp³-hybridized carbons (Fsp3) is 0. The molecule has 0 saturated carbocycles. The van der Waals surface area contributed by atoms with Gasteiger partial charge in [0.2, 0.25) is 0 Å². The Balaban J connectivity index is 1.20. The van der Waals surface area contributed by atoms with E-state index in [4.69, 9.17) is 0 Å². The summed E-state index contributed by atoms with van der Waals surface area (Å²) in [6, 6.07) is 64.4. The van der Waals surface area contributed by atoms with Crippen LogP contribution in [0.2, 0.25) is 0 Å². The molecule has 0 fully saturated rings. The zero-order valence-electron chi connectivity index (χ0n) is 26.1. The molecular formula is C46H29NS. The van der Waals surface area contributed by atoms with Crippen LogP contribution in [0.1, 0.15) is 0 Å². The first-order valence-electron chi connectivity index (χ1n) is 16.4. The van der Waals surface area contributed by atoms with Gasteiger partial charge in [0, 0.05) is 42.6 Å². The van der Waals surface area contributed by atoms with Gasteiger partial charge in [0.05, 0.1) is 0 Å². The molecule has 0 amide bonds. The summed E-state index contributed by atoms with van der Waals surface area (Å²) in [6.45, 7) is 0. The predicted octanol–water partition coefficient (Wildman–Crippen LogP) is 13.8. The van der Waals surface area contributed by atoms with Gasteiger partial charge in [-0.3, -0.25) is 0 Å². The standard InChI is InChI=1S/C46H29NS/c1-2-10-30(11-3-1)32-18-22-35(23-19-32)47(36-24-20-31-12-4-5-13-33(31)28-36)37-25-27-38-34(29-37)21-26-42-44(38)39-14-6-7-15-40(39)46-45(42)41-16-8-9-17-43(41)48-46/h1-29H. The molecule has 0 aliphatic rings. The van der Waals surface area contributed by atoms with Gasteiger partial charge >= 0.3 is 0 Å². The van der Waals surface area contributed by atoms with Crippen LogP contribution >= 0.6 is 11.3 Å². The molecular weight excluding hydrogens is 599 g/mol. The Morgan fingerprint density at radius 2 is 0.917 bits per heavy atom. The van der Waals surface area contributed by atoms with Crippen molar-refractivity contribution < 1.29 is 0 Å². The summed E-state index contributed by atoms with van der Waals surface area (Å²) in [5.74, 6) is 0. The Hall–Kier alpha value is -5.96. The van der Waals surface area contributed by atoms with Gasteiger partial charge in [-0.05, 0) is 91.3 Å². The molecule has 0 aliphatic heterocycles. The zero-order chi connectivity index (χ0) is 31.6. The van der Waals surface area contributed by atoms with Gasteiger partial charge in [0.15, 0.2) is 0 Å². The number of nitrogens with zero attached hydrogens (tertiary/aromatic N) is 1. The second-order valence-electron chi connectivity index (χ2n) is 12.5. The topological polar surface area (TPSA) is 3.24 Å². The number of benzene rings is 9. The summed E-state index contributed by atoms with van der Waals surface area (Å²) in [7, 11) is 0. The van der Waals surface area contributed by atoms with Crippen molar-refractivity contribution >= 4 is 91.7 Å². The van der Waals surface area contributed by atoms with E-state index in [0.717, 1.165) is 17.1 Å². The second kappa shape index (κ2) is 10.8. The van der Waals surface area contributed by atoms with Crippen LogP contribution in [0.25, 0.3) is 74.4 Å². The van der Waals surface area contributed by atoms with E-state index in [-0.39, 0.29) is 0 Å². The molecule has 0 saturated heterocycles. The van der Waals surface area contributed by atoms with Crippen LogP contribution in [0, 0.1) is 0 Å². The van der Waals surface area contributed by atoms with Crippen LogP contribution in [0.4, 0.5) is 17.1 Å². The maximum atomic E-state index is 2.39. The normalized spacial score (nSPS) is 11.8. The molecule has 1 aromatic heterocycles. The molecule has 0 atom stereocenters. The van der Waals surface area contributed by atoms with Gasteiger partial charge in [0.1, 0.15) is 0 Å². The molecule has 10 rings (SSSR count). The van der Waals surface area contributed by atoms with Gasteiger partial charge < -0.3 is 4.90 Å². The van der Waals surface area contributed by atoms with Gasteiger partial charge in [-0.2, -0.15) is 0 Å². The number of thiophene rings is 1. The molecule has 1 nitrogen and oxygen atoms in total. The third kappa shape index (κ3) is 4.24. The third-order valence-corrected chi connectivity index (χ3v) is 11.0. The first-order valence-corrected chi connectivity index (χ1v) is 17.2. The van der Waals surface area contributed by atoms with E-state index in [9.17, 15) is 0 Å². The number of hydrogen-bond acceptors (Lipinski definition) is 2. The van der Waals surface area contributed by atoms with Crippen molar-refractivity contribution in [1.29, 1.82) is 0 Å². The number of fused-ring (bicyclic) bond motifs is 11.